The quantitative estimate of drug-likeness (QED) is 0.227. The van der Waals surface area contributed by atoms with Gasteiger partial charge in [-0.25, -0.2) is 19.2 Å². The Labute approximate surface area is 215 Å². The number of carbonyl (C=O) groups is 4. The number of ether oxygens (including phenoxy) is 2. The Balaban J connectivity index is 2.16. The smallest absolute Gasteiger partial charge is 0.337 e. The molecule has 0 aliphatic carbocycles. The number of fused-ring (bicyclic) bond motifs is 2. The maximum atomic E-state index is 12.5. The van der Waals surface area contributed by atoms with Gasteiger partial charge in [0.25, 0.3) is 0 Å². The lowest BCUT2D eigenvalue weighted by molar-refractivity contribution is -0.160. The van der Waals surface area contributed by atoms with E-state index in [4.69, 9.17) is 14.6 Å². The lowest BCUT2D eigenvalue weighted by Crippen LogP contribution is -2.26. The average molecular weight is 518 g/mol. The number of benzene rings is 4. The van der Waals surface area contributed by atoms with Gasteiger partial charge in [-0.15, -0.1) is 0 Å². The van der Waals surface area contributed by atoms with Gasteiger partial charge < -0.3 is 29.9 Å². The first-order valence-corrected chi connectivity index (χ1v) is 11.3. The highest BCUT2D eigenvalue weighted by Gasteiger charge is 2.35. The highest BCUT2D eigenvalue weighted by molar-refractivity contribution is 6.08. The molecule has 0 bridgehead atoms. The molecule has 10 nitrogen and oxygen atoms in total. The maximum absolute atomic E-state index is 12.5. The van der Waals surface area contributed by atoms with Crippen LogP contribution in [0.15, 0.2) is 72.8 Å². The van der Waals surface area contributed by atoms with E-state index in [-0.39, 0.29) is 11.1 Å². The normalized spacial score (nSPS) is 12.7. The molecule has 0 spiro atoms. The van der Waals surface area contributed by atoms with Crippen LogP contribution in [-0.2, 0) is 28.7 Å². The van der Waals surface area contributed by atoms with Crippen LogP contribution in [0.4, 0.5) is 0 Å². The minimum Gasteiger partial charge on any atom is -0.480 e. The number of hydrogen-bond donors (Lipinski definition) is 4. The van der Waals surface area contributed by atoms with Crippen molar-refractivity contribution >= 4 is 45.4 Å². The fourth-order valence-corrected chi connectivity index (χ4v) is 4.50. The molecular weight excluding hydrogens is 496 g/mol. The van der Waals surface area contributed by atoms with E-state index in [9.17, 15) is 34.5 Å². The Morgan fingerprint density at radius 3 is 1.76 bits per heavy atom. The van der Waals surface area contributed by atoms with E-state index in [0.717, 1.165) is 10.8 Å². The van der Waals surface area contributed by atoms with Crippen LogP contribution in [0.2, 0.25) is 0 Å². The second-order valence-electron chi connectivity index (χ2n) is 8.35. The van der Waals surface area contributed by atoms with Gasteiger partial charge in [-0.05, 0) is 44.3 Å². The molecule has 4 N–H and O–H groups in total. The summed E-state index contributed by atoms with van der Waals surface area (Å²) in [4.78, 5) is 47.3. The first kappa shape index (κ1) is 26.3. The summed E-state index contributed by atoms with van der Waals surface area (Å²) in [6.07, 6.45) is -3.82. The van der Waals surface area contributed by atoms with E-state index in [1.807, 2.05) is 24.3 Å². The molecule has 10 heteroatoms. The molecule has 0 saturated heterocycles. The van der Waals surface area contributed by atoms with Gasteiger partial charge in [0.15, 0.2) is 12.2 Å². The largest absolute Gasteiger partial charge is 0.480 e. The van der Waals surface area contributed by atoms with E-state index in [1.165, 1.54) is 6.07 Å². The minimum atomic E-state index is -1.92. The van der Waals surface area contributed by atoms with Gasteiger partial charge >= 0.3 is 23.9 Å². The second-order valence-corrected chi connectivity index (χ2v) is 8.35. The van der Waals surface area contributed by atoms with Crippen LogP contribution >= 0.6 is 0 Å². The molecule has 0 heterocycles. The number of carboxylic acid groups (broad SMARTS) is 4. The maximum Gasteiger partial charge on any atom is 0.337 e. The van der Waals surface area contributed by atoms with E-state index >= 15 is 0 Å². The molecule has 0 aromatic heterocycles. The number of hydrogen-bond acceptors (Lipinski definition) is 6. The number of carboxylic acids is 4. The summed E-state index contributed by atoms with van der Waals surface area (Å²) in [5.74, 6) is -5.98. The molecule has 4 aromatic carbocycles. The Morgan fingerprint density at radius 1 is 0.632 bits per heavy atom. The molecule has 0 fully saturated rings. The van der Waals surface area contributed by atoms with Crippen molar-refractivity contribution in [3.8, 4) is 11.1 Å². The van der Waals surface area contributed by atoms with Crippen LogP contribution in [0.5, 0.6) is 0 Å². The van der Waals surface area contributed by atoms with Crippen molar-refractivity contribution in [2.24, 2.45) is 0 Å². The molecule has 2 atom stereocenters. The molecule has 0 saturated carbocycles. The Hall–Kier alpha value is -4.80. The Morgan fingerprint density at radius 2 is 1.16 bits per heavy atom. The van der Waals surface area contributed by atoms with Crippen LogP contribution in [0.3, 0.4) is 0 Å². The lowest BCUT2D eigenvalue weighted by atomic mass is 9.83. The summed E-state index contributed by atoms with van der Waals surface area (Å²) in [6, 6.07) is 20.9. The summed E-state index contributed by atoms with van der Waals surface area (Å²) in [5.41, 5.74) is 0.534. The standard InChI is InChI=1S/C28H22O10/c29-21(30)13-37-25(27(33)34)20-12-16-7-2-4-10-18(16)23(24(20)26(28(35)36)38-14-22(31)32)19-11-5-8-15-6-1-3-9-17(15)19/h1-12,25-26H,13-14H2,(H,29,30)(H,31,32)(H,33,34)(H,35,36). The molecule has 0 aliphatic rings. The van der Waals surface area contributed by atoms with Crippen LogP contribution in [-0.4, -0.2) is 57.5 Å². The summed E-state index contributed by atoms with van der Waals surface area (Å²) in [7, 11) is 0. The molecule has 0 aliphatic heterocycles. The molecule has 2 unspecified atom stereocenters. The fraction of sp³-hybridized carbons (Fsp3) is 0.143. The van der Waals surface area contributed by atoms with Gasteiger partial charge in [0.2, 0.25) is 0 Å². The summed E-state index contributed by atoms with van der Waals surface area (Å²) >= 11 is 0. The van der Waals surface area contributed by atoms with E-state index in [0.29, 0.717) is 21.9 Å². The van der Waals surface area contributed by atoms with Crippen LogP contribution in [0.1, 0.15) is 23.3 Å². The zero-order valence-corrected chi connectivity index (χ0v) is 19.7. The Kier molecular flexibility index (Phi) is 7.66. The second kappa shape index (κ2) is 11.1. The van der Waals surface area contributed by atoms with E-state index in [2.05, 4.69) is 0 Å². The van der Waals surface area contributed by atoms with Crippen molar-refractivity contribution in [3.63, 3.8) is 0 Å². The van der Waals surface area contributed by atoms with Crippen molar-refractivity contribution in [1.29, 1.82) is 0 Å². The molecule has 4 aromatic rings. The topological polar surface area (TPSA) is 168 Å². The number of aliphatic carboxylic acids is 4. The van der Waals surface area contributed by atoms with Gasteiger partial charge in [0, 0.05) is 5.56 Å². The van der Waals surface area contributed by atoms with Crippen LogP contribution in [0, 0.1) is 0 Å². The lowest BCUT2D eigenvalue weighted by Gasteiger charge is -2.26. The average Bonchev–Trinajstić information content (AvgIpc) is 2.87. The van der Waals surface area contributed by atoms with Crippen LogP contribution in [0.25, 0.3) is 32.7 Å². The predicted octanol–water partition coefficient (Wildman–Crippen LogP) is 4.11. The summed E-state index contributed by atoms with van der Waals surface area (Å²) in [6.45, 7) is -1.95. The van der Waals surface area contributed by atoms with Crippen molar-refractivity contribution < 1.29 is 49.1 Å². The third-order valence-corrected chi connectivity index (χ3v) is 5.92. The zero-order valence-electron chi connectivity index (χ0n) is 19.7. The summed E-state index contributed by atoms with van der Waals surface area (Å²) in [5, 5.41) is 41.1. The highest BCUT2D eigenvalue weighted by atomic mass is 16.5. The molecule has 38 heavy (non-hydrogen) atoms. The van der Waals surface area contributed by atoms with Gasteiger partial charge in [-0.1, -0.05) is 66.7 Å². The molecule has 194 valence electrons. The molecular formula is C28H22O10. The van der Waals surface area contributed by atoms with Gasteiger partial charge in [-0.3, -0.25) is 0 Å². The SMILES string of the molecule is O=C(O)COC(C(=O)O)c1cc2ccccc2c(-c2cccc3ccccc23)c1C(OCC(=O)O)C(=O)O. The van der Waals surface area contributed by atoms with Crippen LogP contribution < -0.4 is 0 Å². The van der Waals surface area contributed by atoms with Crippen molar-refractivity contribution in [2.45, 2.75) is 12.2 Å². The van der Waals surface area contributed by atoms with Crippen molar-refractivity contribution in [1.82, 2.24) is 0 Å². The van der Waals surface area contributed by atoms with Crippen molar-refractivity contribution in [2.75, 3.05) is 13.2 Å². The fourth-order valence-electron chi connectivity index (χ4n) is 4.50. The zero-order chi connectivity index (χ0) is 27.4. The first-order chi connectivity index (χ1) is 18.2. The molecule has 0 amide bonds. The number of rotatable bonds is 11. The summed E-state index contributed by atoms with van der Waals surface area (Å²) < 4.78 is 10.5. The van der Waals surface area contributed by atoms with Gasteiger partial charge in [0.1, 0.15) is 13.2 Å². The van der Waals surface area contributed by atoms with Gasteiger partial charge in [-0.2, -0.15) is 0 Å². The Bertz CT molecular complexity index is 1550. The van der Waals surface area contributed by atoms with E-state index in [1.54, 1.807) is 42.5 Å². The minimum absolute atomic E-state index is 0.147. The van der Waals surface area contributed by atoms with E-state index < -0.39 is 49.3 Å². The molecule has 4 rings (SSSR count). The molecule has 0 radical (unpaired) electrons. The highest BCUT2D eigenvalue weighted by Crippen LogP contribution is 2.44. The third-order valence-electron chi connectivity index (χ3n) is 5.92. The third kappa shape index (κ3) is 5.31. The monoisotopic (exact) mass is 518 g/mol. The van der Waals surface area contributed by atoms with Gasteiger partial charge in [0.05, 0.1) is 0 Å². The van der Waals surface area contributed by atoms with Crippen molar-refractivity contribution in [3.05, 3.63) is 83.9 Å². The predicted molar refractivity (Wildman–Crippen MR) is 135 cm³/mol. The first-order valence-electron chi connectivity index (χ1n) is 11.3.